The number of carbonyl (C=O) groups excluding carboxylic acids is 1. The summed E-state index contributed by atoms with van der Waals surface area (Å²) in [6.45, 7) is 1.70. The van der Waals surface area contributed by atoms with Gasteiger partial charge in [0.2, 0.25) is 5.91 Å². The lowest BCUT2D eigenvalue weighted by Crippen LogP contribution is -2.39. The molecule has 4 heteroatoms. The second-order valence-electron chi connectivity index (χ2n) is 6.79. The topological polar surface area (TPSA) is 49.0 Å². The van der Waals surface area contributed by atoms with Gasteiger partial charge in [0.1, 0.15) is 5.82 Å². The van der Waals surface area contributed by atoms with E-state index < -0.39 is 0 Å². The van der Waals surface area contributed by atoms with E-state index >= 15 is 0 Å². The lowest BCUT2D eigenvalue weighted by molar-refractivity contribution is -0.133. The maximum Gasteiger partial charge on any atom is 0.223 e. The molecule has 1 fully saturated rings. The second kappa shape index (κ2) is 6.19. The quantitative estimate of drug-likeness (QED) is 0.880. The highest BCUT2D eigenvalue weighted by atomic mass is 16.2. The highest BCUT2D eigenvalue weighted by molar-refractivity contribution is 5.77. The average molecular weight is 309 g/mol. The summed E-state index contributed by atoms with van der Waals surface area (Å²) in [7, 11) is 0. The summed E-state index contributed by atoms with van der Waals surface area (Å²) >= 11 is 0. The first-order valence-corrected chi connectivity index (χ1v) is 8.68. The Morgan fingerprint density at radius 3 is 3.04 bits per heavy atom. The van der Waals surface area contributed by atoms with E-state index in [1.54, 1.807) is 0 Å². The number of benzene rings is 1. The standard InChI is InChI=1S/C19H23N3O/c23-18(12-14-6-1-2-7-14)22-11-5-8-15(13-22)19-20-16-9-3-4-10-17(16)21-19/h1,3-4,6,9-10,14-15H,2,5,7-8,11-13H2,(H,20,21). The number of nitrogens with zero attached hydrogens (tertiary/aromatic N) is 2. The number of piperidine rings is 1. The fraction of sp³-hybridized carbons (Fsp3) is 0.474. The van der Waals surface area contributed by atoms with Gasteiger partial charge in [0.25, 0.3) is 0 Å². The van der Waals surface area contributed by atoms with Crippen LogP contribution in [0.15, 0.2) is 36.4 Å². The van der Waals surface area contributed by atoms with Crippen LogP contribution in [0.4, 0.5) is 0 Å². The maximum atomic E-state index is 12.6. The van der Waals surface area contributed by atoms with Crippen molar-refractivity contribution < 1.29 is 4.79 Å². The number of amides is 1. The van der Waals surface area contributed by atoms with Gasteiger partial charge < -0.3 is 9.88 Å². The van der Waals surface area contributed by atoms with Crippen LogP contribution in [0.25, 0.3) is 11.0 Å². The number of likely N-dealkylation sites (tertiary alicyclic amines) is 1. The van der Waals surface area contributed by atoms with Crippen LogP contribution in [0.1, 0.15) is 43.8 Å². The molecule has 23 heavy (non-hydrogen) atoms. The van der Waals surface area contributed by atoms with Gasteiger partial charge in [-0.25, -0.2) is 4.98 Å². The van der Waals surface area contributed by atoms with Gasteiger partial charge in [-0.1, -0.05) is 24.3 Å². The molecule has 1 aliphatic heterocycles. The Balaban J connectivity index is 1.45. The average Bonchev–Trinajstić information content (AvgIpc) is 3.24. The van der Waals surface area contributed by atoms with Crippen LogP contribution in [0, 0.1) is 5.92 Å². The smallest absolute Gasteiger partial charge is 0.223 e. The molecule has 2 aromatic rings. The number of allylic oxidation sites excluding steroid dienone is 2. The largest absolute Gasteiger partial charge is 0.342 e. The summed E-state index contributed by atoms with van der Waals surface area (Å²) in [5, 5.41) is 0. The third-order valence-corrected chi connectivity index (χ3v) is 5.12. The van der Waals surface area contributed by atoms with Crippen molar-refractivity contribution in [1.82, 2.24) is 14.9 Å². The first-order valence-electron chi connectivity index (χ1n) is 8.68. The fourth-order valence-corrected chi connectivity index (χ4v) is 3.81. The molecule has 1 N–H and O–H groups in total. The SMILES string of the molecule is O=C(CC1C=CCC1)N1CCCC(c2nc3ccccc3[nH]2)C1. The van der Waals surface area contributed by atoms with Crippen molar-refractivity contribution in [3.05, 3.63) is 42.2 Å². The van der Waals surface area contributed by atoms with E-state index in [0.29, 0.717) is 24.2 Å². The van der Waals surface area contributed by atoms with Gasteiger partial charge in [-0.05, 0) is 43.7 Å². The van der Waals surface area contributed by atoms with E-state index in [9.17, 15) is 4.79 Å². The monoisotopic (exact) mass is 309 g/mol. The first-order chi connectivity index (χ1) is 11.3. The fourth-order valence-electron chi connectivity index (χ4n) is 3.81. The number of aromatic amines is 1. The molecule has 0 bridgehead atoms. The summed E-state index contributed by atoms with van der Waals surface area (Å²) in [6.07, 6.45) is 9.50. The van der Waals surface area contributed by atoms with Gasteiger partial charge in [0.15, 0.2) is 0 Å². The van der Waals surface area contributed by atoms with Crippen LogP contribution in [-0.2, 0) is 4.79 Å². The van der Waals surface area contributed by atoms with Crippen LogP contribution in [0.2, 0.25) is 0 Å². The van der Waals surface area contributed by atoms with Crippen molar-refractivity contribution in [2.24, 2.45) is 5.92 Å². The zero-order valence-corrected chi connectivity index (χ0v) is 13.4. The van der Waals surface area contributed by atoms with E-state index in [1.165, 1.54) is 0 Å². The molecule has 1 aliphatic carbocycles. The lowest BCUT2D eigenvalue weighted by atomic mass is 9.96. The Labute approximate surface area is 136 Å². The summed E-state index contributed by atoms with van der Waals surface area (Å²) < 4.78 is 0. The molecule has 2 atom stereocenters. The maximum absolute atomic E-state index is 12.6. The molecule has 2 unspecified atom stereocenters. The molecule has 0 spiro atoms. The highest BCUT2D eigenvalue weighted by Crippen LogP contribution is 2.28. The summed E-state index contributed by atoms with van der Waals surface area (Å²) in [5.41, 5.74) is 2.10. The van der Waals surface area contributed by atoms with Gasteiger partial charge in [-0.2, -0.15) is 0 Å². The zero-order chi connectivity index (χ0) is 15.6. The van der Waals surface area contributed by atoms with Gasteiger partial charge >= 0.3 is 0 Å². The molecule has 120 valence electrons. The third kappa shape index (κ3) is 3.03. The number of H-pyrrole nitrogens is 1. The van der Waals surface area contributed by atoms with E-state index in [4.69, 9.17) is 4.98 Å². The molecule has 2 heterocycles. The predicted molar refractivity (Wildman–Crippen MR) is 91.1 cm³/mol. The molecule has 1 aromatic heterocycles. The van der Waals surface area contributed by atoms with Crippen molar-refractivity contribution in [2.75, 3.05) is 13.1 Å². The number of aromatic nitrogens is 2. The summed E-state index contributed by atoms with van der Waals surface area (Å²) in [4.78, 5) is 22.8. The normalized spacial score (nSPS) is 24.4. The number of imidazole rings is 1. The van der Waals surface area contributed by atoms with Crippen molar-refractivity contribution in [3.8, 4) is 0 Å². The van der Waals surface area contributed by atoms with Crippen molar-refractivity contribution >= 4 is 16.9 Å². The van der Waals surface area contributed by atoms with Crippen molar-refractivity contribution in [3.63, 3.8) is 0 Å². The number of fused-ring (bicyclic) bond motifs is 1. The molecule has 1 aromatic carbocycles. The molecule has 4 rings (SSSR count). The molecule has 1 saturated heterocycles. The number of hydrogen-bond donors (Lipinski definition) is 1. The van der Waals surface area contributed by atoms with Gasteiger partial charge in [-0.3, -0.25) is 4.79 Å². The Morgan fingerprint density at radius 1 is 1.30 bits per heavy atom. The van der Waals surface area contributed by atoms with Crippen molar-refractivity contribution in [2.45, 2.75) is 38.0 Å². The highest BCUT2D eigenvalue weighted by Gasteiger charge is 2.27. The Bertz CT molecular complexity index is 700. The number of hydrogen-bond acceptors (Lipinski definition) is 2. The van der Waals surface area contributed by atoms with Crippen LogP contribution >= 0.6 is 0 Å². The molecule has 2 aliphatic rings. The van der Waals surface area contributed by atoms with Gasteiger partial charge in [0, 0.05) is 25.4 Å². The number of carbonyl (C=O) groups is 1. The number of nitrogens with one attached hydrogen (secondary N) is 1. The predicted octanol–water partition coefficient (Wildman–Crippen LogP) is 3.63. The second-order valence-corrected chi connectivity index (χ2v) is 6.79. The first kappa shape index (κ1) is 14.5. The Morgan fingerprint density at radius 2 is 2.22 bits per heavy atom. The van der Waals surface area contributed by atoms with E-state index in [0.717, 1.165) is 55.6 Å². The third-order valence-electron chi connectivity index (χ3n) is 5.12. The Hall–Kier alpha value is -2.10. The van der Waals surface area contributed by atoms with E-state index in [-0.39, 0.29) is 0 Å². The summed E-state index contributed by atoms with van der Waals surface area (Å²) in [5.74, 6) is 2.13. The molecular weight excluding hydrogens is 286 g/mol. The van der Waals surface area contributed by atoms with Crippen LogP contribution in [0.3, 0.4) is 0 Å². The molecule has 0 radical (unpaired) electrons. The Kier molecular flexibility index (Phi) is 3.90. The zero-order valence-electron chi connectivity index (χ0n) is 13.4. The van der Waals surface area contributed by atoms with Crippen LogP contribution < -0.4 is 0 Å². The van der Waals surface area contributed by atoms with Crippen molar-refractivity contribution in [1.29, 1.82) is 0 Å². The minimum atomic E-state index is 0.308. The molecule has 0 saturated carbocycles. The molecular formula is C19H23N3O. The molecule has 4 nitrogen and oxygen atoms in total. The number of para-hydroxylation sites is 2. The molecule has 1 amide bonds. The van der Waals surface area contributed by atoms with Gasteiger partial charge in [0.05, 0.1) is 11.0 Å². The number of rotatable bonds is 3. The van der Waals surface area contributed by atoms with E-state index in [1.807, 2.05) is 23.1 Å². The summed E-state index contributed by atoms with van der Waals surface area (Å²) in [6, 6.07) is 8.13. The van der Waals surface area contributed by atoms with Crippen LogP contribution in [-0.4, -0.2) is 33.9 Å². The van der Waals surface area contributed by atoms with E-state index in [2.05, 4.69) is 23.2 Å². The lowest BCUT2D eigenvalue weighted by Gasteiger charge is -2.32. The van der Waals surface area contributed by atoms with Gasteiger partial charge in [-0.15, -0.1) is 0 Å². The minimum Gasteiger partial charge on any atom is -0.342 e. The van der Waals surface area contributed by atoms with Crippen LogP contribution in [0.5, 0.6) is 0 Å². The minimum absolute atomic E-state index is 0.308.